The molecular weight excluding hydrogens is 496 g/mol. The number of hydrogen-bond donors (Lipinski definition) is 0. The second-order valence-electron chi connectivity index (χ2n) is 8.57. The van der Waals surface area contributed by atoms with Crippen LogP contribution in [0, 0.1) is 0 Å². The molecule has 1 atom stereocenters. The maximum Gasteiger partial charge on any atom is 0.260 e. The molecule has 1 unspecified atom stereocenters. The molecule has 182 valence electrons. The van der Waals surface area contributed by atoms with E-state index in [9.17, 15) is 21.6 Å². The number of amides is 1. The summed E-state index contributed by atoms with van der Waals surface area (Å²) in [4.78, 5) is 20.0. The summed E-state index contributed by atoms with van der Waals surface area (Å²) in [5.41, 5.74) is 0.810. The van der Waals surface area contributed by atoms with E-state index in [-0.39, 0.29) is 28.0 Å². The van der Waals surface area contributed by atoms with Crippen LogP contribution in [0.25, 0.3) is 10.2 Å². The largest absolute Gasteiger partial charge is 0.376 e. The molecule has 11 heteroatoms. The quantitative estimate of drug-likeness (QED) is 0.465. The highest BCUT2D eigenvalue weighted by molar-refractivity contribution is 7.92. The van der Waals surface area contributed by atoms with Gasteiger partial charge in [0.25, 0.3) is 5.91 Å². The molecule has 2 heterocycles. The number of carbonyl (C=O) groups is 1. The normalized spacial score (nSPS) is 16.9. The predicted octanol–water partition coefficient (Wildman–Crippen LogP) is 3.71. The summed E-state index contributed by atoms with van der Waals surface area (Å²) in [7, 11) is -6.94. The van der Waals surface area contributed by atoms with E-state index < -0.39 is 30.8 Å². The molecule has 1 saturated heterocycles. The molecule has 0 saturated carbocycles. The Morgan fingerprint density at radius 1 is 1.15 bits per heavy atom. The van der Waals surface area contributed by atoms with Crippen LogP contribution in [0.2, 0.25) is 0 Å². The standard InChI is InChI=1S/C23H26N2O6S3/c1-15(2)34(29,30)19-8-4-6-16(12-19)22(26)25(14-17-7-5-11-31-17)23-24-20-10-9-18(33(3,27)28)13-21(20)32-23/h4,6,8-10,12-13,15,17H,5,7,11,14H2,1-3H3. The SMILES string of the molecule is CC(C)S(=O)(=O)c1cccc(C(=O)N(CC2CCCO2)c2nc3ccc(S(C)(=O)=O)cc3s2)c1. The molecule has 1 fully saturated rings. The zero-order chi connectivity index (χ0) is 24.7. The van der Waals surface area contributed by atoms with Crippen LogP contribution in [0.5, 0.6) is 0 Å². The highest BCUT2D eigenvalue weighted by Crippen LogP contribution is 2.32. The lowest BCUT2D eigenvalue weighted by Crippen LogP contribution is -2.37. The second-order valence-corrected chi connectivity index (χ2v) is 14.1. The lowest BCUT2D eigenvalue weighted by molar-refractivity contribution is 0.0917. The first kappa shape index (κ1) is 24.8. The van der Waals surface area contributed by atoms with E-state index in [0.29, 0.717) is 22.0 Å². The molecule has 4 rings (SSSR count). The van der Waals surface area contributed by atoms with Crippen molar-refractivity contribution in [3.8, 4) is 0 Å². The van der Waals surface area contributed by atoms with Crippen LogP contribution in [0.3, 0.4) is 0 Å². The van der Waals surface area contributed by atoms with Crippen LogP contribution in [-0.4, -0.2) is 58.5 Å². The van der Waals surface area contributed by atoms with Crippen LogP contribution < -0.4 is 4.90 Å². The number of fused-ring (bicyclic) bond motifs is 1. The Morgan fingerprint density at radius 2 is 1.91 bits per heavy atom. The molecule has 1 aliphatic rings. The van der Waals surface area contributed by atoms with Gasteiger partial charge in [-0.1, -0.05) is 17.4 Å². The molecule has 0 aliphatic carbocycles. The van der Waals surface area contributed by atoms with Gasteiger partial charge in [-0.05, 0) is 63.1 Å². The first-order chi connectivity index (χ1) is 16.0. The summed E-state index contributed by atoms with van der Waals surface area (Å²) in [6, 6.07) is 10.7. The van der Waals surface area contributed by atoms with Crippen LogP contribution >= 0.6 is 11.3 Å². The van der Waals surface area contributed by atoms with E-state index in [0.717, 1.165) is 19.1 Å². The maximum atomic E-state index is 13.6. The number of aromatic nitrogens is 1. The second kappa shape index (κ2) is 9.37. The summed E-state index contributed by atoms with van der Waals surface area (Å²) in [5, 5.41) is -0.215. The number of rotatable bonds is 7. The summed E-state index contributed by atoms with van der Waals surface area (Å²) in [5.74, 6) is -0.390. The monoisotopic (exact) mass is 522 g/mol. The molecule has 3 aromatic rings. The van der Waals surface area contributed by atoms with Crippen molar-refractivity contribution in [2.45, 2.75) is 47.8 Å². The van der Waals surface area contributed by atoms with Crippen molar-refractivity contribution in [1.29, 1.82) is 0 Å². The molecule has 1 aromatic heterocycles. The van der Waals surface area contributed by atoms with Gasteiger partial charge >= 0.3 is 0 Å². The van der Waals surface area contributed by atoms with Crippen molar-refractivity contribution in [2.24, 2.45) is 0 Å². The van der Waals surface area contributed by atoms with Gasteiger partial charge in [-0.15, -0.1) is 0 Å². The van der Waals surface area contributed by atoms with Crippen molar-refractivity contribution in [3.63, 3.8) is 0 Å². The average molecular weight is 523 g/mol. The number of hydrogen-bond acceptors (Lipinski definition) is 8. The van der Waals surface area contributed by atoms with Crippen molar-refractivity contribution < 1.29 is 26.4 Å². The van der Waals surface area contributed by atoms with E-state index in [4.69, 9.17) is 4.74 Å². The van der Waals surface area contributed by atoms with Gasteiger partial charge in [-0.25, -0.2) is 21.8 Å². The van der Waals surface area contributed by atoms with Crippen LogP contribution in [0.4, 0.5) is 5.13 Å². The van der Waals surface area contributed by atoms with E-state index in [1.54, 1.807) is 38.1 Å². The molecule has 0 N–H and O–H groups in total. The highest BCUT2D eigenvalue weighted by atomic mass is 32.2. The lowest BCUT2D eigenvalue weighted by atomic mass is 10.2. The van der Waals surface area contributed by atoms with E-state index in [2.05, 4.69) is 4.98 Å². The number of carbonyl (C=O) groups excluding carboxylic acids is 1. The molecular formula is C23H26N2O6S3. The first-order valence-electron chi connectivity index (χ1n) is 10.8. The van der Waals surface area contributed by atoms with Gasteiger partial charge in [0.1, 0.15) is 0 Å². The van der Waals surface area contributed by atoms with Gasteiger partial charge in [0.2, 0.25) is 0 Å². The minimum absolute atomic E-state index is 0.0903. The lowest BCUT2D eigenvalue weighted by Gasteiger charge is -2.23. The van der Waals surface area contributed by atoms with Crippen molar-refractivity contribution in [1.82, 2.24) is 4.98 Å². The highest BCUT2D eigenvalue weighted by Gasteiger charge is 2.28. The van der Waals surface area contributed by atoms with Crippen molar-refractivity contribution in [2.75, 3.05) is 24.3 Å². The molecule has 1 aliphatic heterocycles. The van der Waals surface area contributed by atoms with E-state index >= 15 is 0 Å². The van der Waals surface area contributed by atoms with E-state index in [1.807, 2.05) is 0 Å². The number of ether oxygens (including phenoxy) is 1. The topological polar surface area (TPSA) is 111 Å². The predicted molar refractivity (Wildman–Crippen MR) is 132 cm³/mol. The zero-order valence-corrected chi connectivity index (χ0v) is 21.5. The minimum atomic E-state index is -3.55. The molecule has 1 amide bonds. The Labute approximate surface area is 203 Å². The Balaban J connectivity index is 1.76. The Morgan fingerprint density at radius 3 is 2.56 bits per heavy atom. The number of anilines is 1. The van der Waals surface area contributed by atoms with Gasteiger partial charge < -0.3 is 4.74 Å². The summed E-state index contributed by atoms with van der Waals surface area (Å²) < 4.78 is 55.6. The summed E-state index contributed by atoms with van der Waals surface area (Å²) in [6.45, 7) is 4.07. The number of nitrogens with zero attached hydrogens (tertiary/aromatic N) is 2. The van der Waals surface area contributed by atoms with Crippen LogP contribution in [0.15, 0.2) is 52.3 Å². The van der Waals surface area contributed by atoms with Gasteiger partial charge in [0.05, 0.1) is 37.9 Å². The number of thiazole rings is 1. The summed E-state index contributed by atoms with van der Waals surface area (Å²) >= 11 is 1.21. The fourth-order valence-electron chi connectivity index (χ4n) is 3.71. The van der Waals surface area contributed by atoms with Crippen molar-refractivity contribution in [3.05, 3.63) is 48.0 Å². The maximum absolute atomic E-state index is 13.6. The summed E-state index contributed by atoms with van der Waals surface area (Å²) in [6.07, 6.45) is 2.67. The molecule has 0 bridgehead atoms. The Hall–Kier alpha value is -2.34. The fourth-order valence-corrected chi connectivity index (χ4v) is 6.55. The van der Waals surface area contributed by atoms with Crippen molar-refractivity contribution >= 4 is 52.3 Å². The zero-order valence-electron chi connectivity index (χ0n) is 19.1. The molecule has 8 nitrogen and oxygen atoms in total. The first-order valence-corrected chi connectivity index (χ1v) is 15.1. The average Bonchev–Trinajstić information content (AvgIpc) is 3.45. The Bertz CT molecular complexity index is 1440. The smallest absolute Gasteiger partial charge is 0.260 e. The Kier molecular flexibility index (Phi) is 6.83. The third-order valence-electron chi connectivity index (χ3n) is 5.69. The number of sulfone groups is 2. The van der Waals surface area contributed by atoms with Gasteiger partial charge in [0.15, 0.2) is 24.8 Å². The van der Waals surface area contributed by atoms with Crippen LogP contribution in [0.1, 0.15) is 37.0 Å². The third-order valence-corrected chi connectivity index (χ3v) is 10.00. The van der Waals surface area contributed by atoms with E-state index in [1.165, 1.54) is 34.4 Å². The molecule has 0 radical (unpaired) electrons. The minimum Gasteiger partial charge on any atom is -0.376 e. The molecule has 34 heavy (non-hydrogen) atoms. The van der Waals surface area contributed by atoms with Gasteiger partial charge in [-0.2, -0.15) is 0 Å². The van der Waals surface area contributed by atoms with Gasteiger partial charge in [0, 0.05) is 18.4 Å². The molecule has 2 aromatic carbocycles. The fraction of sp³-hybridized carbons (Fsp3) is 0.391. The third kappa shape index (κ3) is 5.02. The number of benzene rings is 2. The van der Waals surface area contributed by atoms with Crippen LogP contribution in [-0.2, 0) is 24.4 Å². The molecule has 0 spiro atoms. The van der Waals surface area contributed by atoms with Gasteiger partial charge in [-0.3, -0.25) is 9.69 Å².